The van der Waals surface area contributed by atoms with Gasteiger partial charge in [0, 0.05) is 0 Å². The molecule has 0 radical (unpaired) electrons. The largest absolute Gasteiger partial charge is 0.472 e. The zero-order chi connectivity index (χ0) is 7.68. The van der Waals surface area contributed by atoms with Gasteiger partial charge >= 0.3 is 0 Å². The minimum Gasteiger partial charge on any atom is -0.472 e. The van der Waals surface area contributed by atoms with Gasteiger partial charge in [0.25, 0.3) is 5.56 Å². The number of aromatic nitrogens is 2. The molecule has 0 saturated carbocycles. The summed E-state index contributed by atoms with van der Waals surface area (Å²) in [6, 6.07) is 1.62. The van der Waals surface area contributed by atoms with E-state index in [4.69, 9.17) is 4.42 Å². The zero-order valence-electron chi connectivity index (χ0n) is 5.52. The molecule has 0 aliphatic carbocycles. The fourth-order valence-electron chi connectivity index (χ4n) is 0.847. The third kappa shape index (κ3) is 0.881. The van der Waals surface area contributed by atoms with Crippen LogP contribution >= 0.6 is 0 Å². The second-order valence-electron chi connectivity index (χ2n) is 2.03. The molecule has 4 heteroatoms. The molecule has 0 aromatic carbocycles. The van der Waals surface area contributed by atoms with E-state index < -0.39 is 0 Å². The summed E-state index contributed by atoms with van der Waals surface area (Å²) in [6.45, 7) is 0. The van der Waals surface area contributed by atoms with Crippen molar-refractivity contribution in [2.24, 2.45) is 0 Å². The molecule has 0 atom stereocenters. The number of rotatable bonds is 0. The number of hydrogen-bond donors (Lipinski definition) is 0. The molecule has 0 aromatic heterocycles. The Morgan fingerprint density at radius 3 is 3.09 bits per heavy atom. The van der Waals surface area contributed by atoms with Crippen molar-refractivity contribution in [2.75, 3.05) is 0 Å². The SMILES string of the molecule is O=c1ncnc2ccocc1-2. The van der Waals surface area contributed by atoms with Gasteiger partial charge in [0.1, 0.15) is 18.2 Å². The third-order valence-corrected chi connectivity index (χ3v) is 1.37. The molecule has 2 rings (SSSR count). The molecule has 0 aromatic rings. The zero-order valence-corrected chi connectivity index (χ0v) is 5.52. The quantitative estimate of drug-likeness (QED) is 0.547. The van der Waals surface area contributed by atoms with Crippen LogP contribution in [0.1, 0.15) is 0 Å². The molecule has 0 saturated heterocycles. The van der Waals surface area contributed by atoms with Crippen molar-refractivity contribution >= 4 is 0 Å². The van der Waals surface area contributed by atoms with Crippen LogP contribution in [0, 0.1) is 0 Å². The molecule has 54 valence electrons. The van der Waals surface area contributed by atoms with Crippen LogP contribution in [-0.4, -0.2) is 9.97 Å². The fraction of sp³-hybridized carbons (Fsp3) is 0. The maximum absolute atomic E-state index is 11.0. The standard InChI is InChI=1S/C7H4N2O2/c10-7-5-3-11-2-1-6(5)8-4-9-7/h1-4H. The second kappa shape index (κ2) is 2.16. The van der Waals surface area contributed by atoms with Gasteiger partial charge in [-0.1, -0.05) is 0 Å². The van der Waals surface area contributed by atoms with Crippen molar-refractivity contribution in [3.05, 3.63) is 35.3 Å². The summed E-state index contributed by atoms with van der Waals surface area (Å²) in [7, 11) is 0. The van der Waals surface area contributed by atoms with E-state index >= 15 is 0 Å². The van der Waals surface area contributed by atoms with Crippen molar-refractivity contribution in [1.29, 1.82) is 0 Å². The van der Waals surface area contributed by atoms with E-state index in [2.05, 4.69) is 9.97 Å². The van der Waals surface area contributed by atoms with Crippen molar-refractivity contribution in [3.8, 4) is 11.3 Å². The first-order chi connectivity index (χ1) is 5.38. The van der Waals surface area contributed by atoms with E-state index in [1.54, 1.807) is 6.07 Å². The molecule has 4 nitrogen and oxygen atoms in total. The molecular formula is C7H4N2O2. The van der Waals surface area contributed by atoms with Crippen molar-refractivity contribution in [2.45, 2.75) is 0 Å². The highest BCUT2D eigenvalue weighted by molar-refractivity contribution is 5.55. The lowest BCUT2D eigenvalue weighted by atomic mass is 10.2. The van der Waals surface area contributed by atoms with Crippen LogP contribution < -0.4 is 5.56 Å². The van der Waals surface area contributed by atoms with Crippen LogP contribution in [0.3, 0.4) is 0 Å². The highest BCUT2D eigenvalue weighted by Gasteiger charge is 2.05. The van der Waals surface area contributed by atoms with E-state index in [0.717, 1.165) is 0 Å². The van der Waals surface area contributed by atoms with Crippen LogP contribution in [0.25, 0.3) is 11.3 Å². The maximum Gasteiger partial charge on any atom is 0.283 e. The average Bonchev–Trinajstić information content (AvgIpc) is 2.06. The van der Waals surface area contributed by atoms with E-state index in [9.17, 15) is 4.79 Å². The highest BCUT2D eigenvalue weighted by Crippen LogP contribution is 2.10. The Morgan fingerprint density at radius 1 is 1.36 bits per heavy atom. The second-order valence-corrected chi connectivity index (χ2v) is 2.03. The molecular weight excluding hydrogens is 144 g/mol. The van der Waals surface area contributed by atoms with Crippen LogP contribution in [0.15, 0.2) is 34.1 Å². The molecule has 0 unspecified atom stereocenters. The van der Waals surface area contributed by atoms with Crippen molar-refractivity contribution in [3.63, 3.8) is 0 Å². The Balaban J connectivity index is 2.90. The van der Waals surface area contributed by atoms with E-state index in [1.807, 2.05) is 0 Å². The third-order valence-electron chi connectivity index (χ3n) is 1.37. The van der Waals surface area contributed by atoms with Gasteiger partial charge < -0.3 is 4.42 Å². The summed E-state index contributed by atoms with van der Waals surface area (Å²) in [6.07, 6.45) is 4.05. The topological polar surface area (TPSA) is 56.0 Å². The summed E-state index contributed by atoms with van der Waals surface area (Å²) < 4.78 is 4.79. The van der Waals surface area contributed by atoms with Gasteiger partial charge in [-0.2, -0.15) is 4.98 Å². The first-order valence-corrected chi connectivity index (χ1v) is 3.05. The van der Waals surface area contributed by atoms with Gasteiger partial charge in [0.05, 0.1) is 12.0 Å². The number of fused-ring (bicyclic) bond motifs is 1. The predicted molar refractivity (Wildman–Crippen MR) is 37.2 cm³/mol. The molecule has 0 N–H and O–H groups in total. The molecule has 0 fully saturated rings. The molecule has 0 amide bonds. The predicted octanol–water partition coefficient (Wildman–Crippen LogP) is 0.535. The van der Waals surface area contributed by atoms with Crippen molar-refractivity contribution in [1.82, 2.24) is 9.97 Å². The van der Waals surface area contributed by atoms with E-state index in [-0.39, 0.29) is 5.56 Å². The Hall–Kier alpha value is -1.71. The van der Waals surface area contributed by atoms with Crippen LogP contribution in [0.5, 0.6) is 0 Å². The van der Waals surface area contributed by atoms with Gasteiger partial charge in [-0.3, -0.25) is 4.79 Å². The summed E-state index contributed by atoms with van der Waals surface area (Å²) in [5, 5.41) is 0. The van der Waals surface area contributed by atoms with Gasteiger partial charge in [0.15, 0.2) is 0 Å². The molecule has 2 aliphatic heterocycles. The summed E-state index contributed by atoms with van der Waals surface area (Å²) in [5.41, 5.74) is 0.714. The van der Waals surface area contributed by atoms with Gasteiger partial charge in [-0.05, 0) is 6.07 Å². The lowest BCUT2D eigenvalue weighted by Gasteiger charge is -1.96. The molecule has 0 spiro atoms. The molecule has 11 heavy (non-hydrogen) atoms. The minimum absolute atomic E-state index is 0.306. The maximum atomic E-state index is 11.0. The monoisotopic (exact) mass is 148 g/mol. The number of hydrogen-bond acceptors (Lipinski definition) is 4. The normalized spacial score (nSPS) is 10.2. The van der Waals surface area contributed by atoms with E-state index in [1.165, 1.54) is 18.9 Å². The van der Waals surface area contributed by atoms with Crippen LogP contribution in [0.2, 0.25) is 0 Å². The summed E-state index contributed by atoms with van der Waals surface area (Å²) >= 11 is 0. The lowest BCUT2D eigenvalue weighted by Crippen LogP contribution is -2.09. The molecule has 2 heterocycles. The fourth-order valence-corrected chi connectivity index (χ4v) is 0.847. The summed E-state index contributed by atoms with van der Waals surface area (Å²) in [4.78, 5) is 18.3. The smallest absolute Gasteiger partial charge is 0.283 e. The van der Waals surface area contributed by atoms with Gasteiger partial charge in [-0.25, -0.2) is 4.98 Å². The molecule has 2 aliphatic rings. The Labute approximate surface area is 61.9 Å². The highest BCUT2D eigenvalue weighted by atomic mass is 16.3. The lowest BCUT2D eigenvalue weighted by molar-refractivity contribution is 0.550. The van der Waals surface area contributed by atoms with Crippen LogP contribution in [0.4, 0.5) is 0 Å². The molecule has 0 bridgehead atoms. The Bertz CT molecular complexity index is 396. The Morgan fingerprint density at radius 2 is 2.27 bits per heavy atom. The first-order valence-electron chi connectivity index (χ1n) is 3.05. The van der Waals surface area contributed by atoms with Gasteiger partial charge in [0.2, 0.25) is 0 Å². The van der Waals surface area contributed by atoms with Crippen LogP contribution in [-0.2, 0) is 0 Å². The Kier molecular flexibility index (Phi) is 1.18. The minimum atomic E-state index is -0.306. The first kappa shape index (κ1) is 6.03. The summed E-state index contributed by atoms with van der Waals surface area (Å²) in [5.74, 6) is 0. The average molecular weight is 148 g/mol. The van der Waals surface area contributed by atoms with Crippen molar-refractivity contribution < 1.29 is 4.42 Å². The van der Waals surface area contributed by atoms with E-state index in [0.29, 0.717) is 11.3 Å². The number of nitrogens with zero attached hydrogens (tertiary/aromatic N) is 2. The van der Waals surface area contributed by atoms with Gasteiger partial charge in [-0.15, -0.1) is 0 Å².